The van der Waals surface area contributed by atoms with Gasteiger partial charge in [-0.25, -0.2) is 0 Å². The number of methoxy groups -OCH3 is 1. The van der Waals surface area contributed by atoms with Crippen LogP contribution in [0.25, 0.3) is 0 Å². The fraction of sp³-hybridized carbons (Fsp3) is 0.647. The molecule has 1 N–H and O–H groups in total. The average molecular weight is 275 g/mol. The van der Waals surface area contributed by atoms with Crippen molar-refractivity contribution < 1.29 is 9.47 Å². The lowest BCUT2D eigenvalue weighted by Gasteiger charge is -2.35. The van der Waals surface area contributed by atoms with Crippen molar-refractivity contribution in [2.75, 3.05) is 13.7 Å². The Morgan fingerprint density at radius 1 is 1.30 bits per heavy atom. The lowest BCUT2D eigenvalue weighted by atomic mass is 9.88. The molecule has 1 saturated carbocycles. The van der Waals surface area contributed by atoms with E-state index in [0.29, 0.717) is 12.1 Å². The molecule has 1 aromatic rings. The zero-order valence-corrected chi connectivity index (χ0v) is 12.5. The van der Waals surface area contributed by atoms with Gasteiger partial charge in [-0.1, -0.05) is 19.8 Å². The summed E-state index contributed by atoms with van der Waals surface area (Å²) in [5.41, 5.74) is 1.25. The monoisotopic (exact) mass is 275 g/mol. The topological polar surface area (TPSA) is 30.5 Å². The highest BCUT2D eigenvalue weighted by atomic mass is 16.5. The quantitative estimate of drug-likeness (QED) is 0.909. The van der Waals surface area contributed by atoms with Gasteiger partial charge in [-0.05, 0) is 43.5 Å². The van der Waals surface area contributed by atoms with E-state index in [-0.39, 0.29) is 0 Å². The Morgan fingerprint density at radius 2 is 2.10 bits per heavy atom. The molecule has 3 rings (SSSR count). The van der Waals surface area contributed by atoms with Gasteiger partial charge in [0.25, 0.3) is 0 Å². The van der Waals surface area contributed by atoms with Gasteiger partial charge in [-0.3, -0.25) is 0 Å². The van der Waals surface area contributed by atoms with Gasteiger partial charge in [0.05, 0.1) is 7.11 Å². The van der Waals surface area contributed by atoms with Gasteiger partial charge in [0.2, 0.25) is 0 Å². The predicted molar refractivity (Wildman–Crippen MR) is 80.4 cm³/mol. The Kier molecular flexibility index (Phi) is 4.16. The van der Waals surface area contributed by atoms with Crippen LogP contribution in [0.2, 0.25) is 0 Å². The molecule has 2 atom stereocenters. The molecule has 1 aliphatic carbocycles. The van der Waals surface area contributed by atoms with Crippen molar-refractivity contribution >= 4 is 0 Å². The standard InChI is InChI=1S/C17H25NO2/c1-3-18-15-11-17(12-6-4-5-7-12)20-16-9-8-13(19-2)10-14(15)16/h8-10,12,15,17-18H,3-7,11H2,1-2H3. The molecule has 20 heavy (non-hydrogen) atoms. The van der Waals surface area contributed by atoms with Crippen LogP contribution in [0, 0.1) is 5.92 Å². The first-order valence-corrected chi connectivity index (χ1v) is 7.89. The zero-order chi connectivity index (χ0) is 13.9. The van der Waals surface area contributed by atoms with Gasteiger partial charge in [-0.2, -0.15) is 0 Å². The van der Waals surface area contributed by atoms with E-state index < -0.39 is 0 Å². The molecule has 0 aromatic heterocycles. The van der Waals surface area contributed by atoms with Crippen LogP contribution in [-0.2, 0) is 0 Å². The van der Waals surface area contributed by atoms with Crippen molar-refractivity contribution in [3.05, 3.63) is 23.8 Å². The van der Waals surface area contributed by atoms with Crippen LogP contribution in [0.4, 0.5) is 0 Å². The fourth-order valence-electron chi connectivity index (χ4n) is 3.66. The third-order valence-corrected chi connectivity index (χ3v) is 4.71. The molecule has 1 fully saturated rings. The minimum Gasteiger partial charge on any atom is -0.497 e. The Balaban J connectivity index is 1.85. The van der Waals surface area contributed by atoms with Gasteiger partial charge in [0, 0.05) is 18.0 Å². The predicted octanol–water partition coefficient (Wildman–Crippen LogP) is 3.69. The van der Waals surface area contributed by atoms with Crippen molar-refractivity contribution in [1.29, 1.82) is 0 Å². The first-order valence-electron chi connectivity index (χ1n) is 7.89. The first-order chi connectivity index (χ1) is 9.81. The molecule has 0 bridgehead atoms. The van der Waals surface area contributed by atoms with Crippen LogP contribution >= 0.6 is 0 Å². The highest BCUT2D eigenvalue weighted by molar-refractivity contribution is 5.43. The molecule has 0 spiro atoms. The van der Waals surface area contributed by atoms with Crippen molar-refractivity contribution in [2.45, 2.75) is 51.2 Å². The summed E-state index contributed by atoms with van der Waals surface area (Å²) >= 11 is 0. The SMILES string of the molecule is CCNC1CC(C2CCCC2)Oc2ccc(OC)cc21. The summed E-state index contributed by atoms with van der Waals surface area (Å²) in [6.07, 6.45) is 6.85. The van der Waals surface area contributed by atoms with Crippen LogP contribution in [0.1, 0.15) is 50.6 Å². The molecule has 2 aliphatic rings. The molecule has 1 aliphatic heterocycles. The first kappa shape index (κ1) is 13.7. The molecular formula is C17H25NO2. The second-order valence-corrected chi connectivity index (χ2v) is 5.95. The maximum absolute atomic E-state index is 6.30. The van der Waals surface area contributed by atoms with Crippen LogP contribution in [0.3, 0.4) is 0 Å². The second-order valence-electron chi connectivity index (χ2n) is 5.95. The Morgan fingerprint density at radius 3 is 2.80 bits per heavy atom. The maximum Gasteiger partial charge on any atom is 0.124 e. The number of rotatable bonds is 4. The van der Waals surface area contributed by atoms with E-state index in [1.165, 1.54) is 31.2 Å². The fourth-order valence-corrected chi connectivity index (χ4v) is 3.66. The van der Waals surface area contributed by atoms with Gasteiger partial charge in [0.15, 0.2) is 0 Å². The lowest BCUT2D eigenvalue weighted by molar-refractivity contribution is 0.0949. The largest absolute Gasteiger partial charge is 0.497 e. The number of hydrogen-bond donors (Lipinski definition) is 1. The highest BCUT2D eigenvalue weighted by Crippen LogP contribution is 2.42. The third kappa shape index (κ3) is 2.64. The van der Waals surface area contributed by atoms with Crippen molar-refractivity contribution in [3.63, 3.8) is 0 Å². The Labute approximate surface area is 121 Å². The van der Waals surface area contributed by atoms with E-state index >= 15 is 0 Å². The summed E-state index contributed by atoms with van der Waals surface area (Å²) in [4.78, 5) is 0. The summed E-state index contributed by atoms with van der Waals surface area (Å²) in [6, 6.07) is 6.58. The maximum atomic E-state index is 6.30. The molecule has 3 heteroatoms. The van der Waals surface area contributed by atoms with E-state index in [2.05, 4.69) is 24.4 Å². The number of fused-ring (bicyclic) bond motifs is 1. The summed E-state index contributed by atoms with van der Waals surface area (Å²) in [6.45, 7) is 3.15. The molecule has 0 saturated heterocycles. The van der Waals surface area contributed by atoms with Crippen LogP contribution in [0.15, 0.2) is 18.2 Å². The number of benzene rings is 1. The summed E-state index contributed by atoms with van der Waals surface area (Å²) in [5, 5.41) is 3.61. The minimum absolute atomic E-state index is 0.377. The van der Waals surface area contributed by atoms with Crippen molar-refractivity contribution in [1.82, 2.24) is 5.32 Å². The van der Waals surface area contributed by atoms with E-state index in [0.717, 1.165) is 30.4 Å². The smallest absolute Gasteiger partial charge is 0.124 e. The van der Waals surface area contributed by atoms with Crippen LogP contribution in [-0.4, -0.2) is 19.8 Å². The molecule has 1 heterocycles. The molecule has 3 nitrogen and oxygen atoms in total. The molecule has 0 radical (unpaired) electrons. The Hall–Kier alpha value is -1.22. The molecule has 0 amide bonds. The van der Waals surface area contributed by atoms with E-state index in [4.69, 9.17) is 9.47 Å². The third-order valence-electron chi connectivity index (χ3n) is 4.71. The molecule has 110 valence electrons. The summed E-state index contributed by atoms with van der Waals surface area (Å²) < 4.78 is 11.6. The summed E-state index contributed by atoms with van der Waals surface area (Å²) in [7, 11) is 1.72. The van der Waals surface area contributed by atoms with Crippen LogP contribution in [0.5, 0.6) is 11.5 Å². The minimum atomic E-state index is 0.377. The van der Waals surface area contributed by atoms with E-state index in [1.807, 2.05) is 6.07 Å². The number of ether oxygens (including phenoxy) is 2. The van der Waals surface area contributed by atoms with Gasteiger partial charge in [-0.15, -0.1) is 0 Å². The molecule has 2 unspecified atom stereocenters. The van der Waals surface area contributed by atoms with E-state index in [1.54, 1.807) is 7.11 Å². The van der Waals surface area contributed by atoms with Crippen LogP contribution < -0.4 is 14.8 Å². The van der Waals surface area contributed by atoms with Crippen molar-refractivity contribution in [3.8, 4) is 11.5 Å². The van der Waals surface area contributed by atoms with Gasteiger partial charge >= 0.3 is 0 Å². The highest BCUT2D eigenvalue weighted by Gasteiger charge is 2.34. The van der Waals surface area contributed by atoms with Gasteiger partial charge in [0.1, 0.15) is 17.6 Å². The van der Waals surface area contributed by atoms with Crippen molar-refractivity contribution in [2.24, 2.45) is 5.92 Å². The van der Waals surface area contributed by atoms with Gasteiger partial charge < -0.3 is 14.8 Å². The number of hydrogen-bond acceptors (Lipinski definition) is 3. The number of nitrogens with one attached hydrogen (secondary N) is 1. The summed E-state index contributed by atoms with van der Waals surface area (Å²) in [5.74, 6) is 2.70. The average Bonchev–Trinajstić information content (AvgIpc) is 3.01. The zero-order valence-electron chi connectivity index (χ0n) is 12.5. The lowest BCUT2D eigenvalue weighted by Crippen LogP contribution is -2.36. The van der Waals surface area contributed by atoms with E-state index in [9.17, 15) is 0 Å². The Bertz CT molecular complexity index is 454. The molecular weight excluding hydrogens is 250 g/mol. The normalized spacial score (nSPS) is 26.1. The molecule has 1 aromatic carbocycles. The second kappa shape index (κ2) is 6.04.